The lowest BCUT2D eigenvalue weighted by atomic mass is 10.3. The lowest BCUT2D eigenvalue weighted by Gasteiger charge is -2.20. The first-order chi connectivity index (χ1) is 11.2. The van der Waals surface area contributed by atoms with Crippen LogP contribution in [0.2, 0.25) is 0 Å². The Morgan fingerprint density at radius 2 is 2.17 bits per heavy atom. The van der Waals surface area contributed by atoms with Crippen LogP contribution >= 0.6 is 15.9 Å². The van der Waals surface area contributed by atoms with Crippen LogP contribution in [0.3, 0.4) is 0 Å². The molecule has 0 saturated heterocycles. The number of halogens is 1. The Labute approximate surface area is 141 Å². The minimum Gasteiger partial charge on any atom is -0.468 e. The van der Waals surface area contributed by atoms with Crippen molar-refractivity contribution in [3.63, 3.8) is 0 Å². The van der Waals surface area contributed by atoms with E-state index in [-0.39, 0.29) is 5.56 Å². The van der Waals surface area contributed by atoms with Crippen LogP contribution in [-0.2, 0) is 13.1 Å². The number of rotatable bonds is 5. The summed E-state index contributed by atoms with van der Waals surface area (Å²) in [5, 5.41) is 0. The molecule has 3 heterocycles. The normalized spacial score (nSPS) is 14.7. The molecule has 0 atom stereocenters. The van der Waals surface area contributed by atoms with Gasteiger partial charge < -0.3 is 4.42 Å². The van der Waals surface area contributed by atoms with Crippen LogP contribution in [0.15, 0.2) is 56.5 Å². The van der Waals surface area contributed by atoms with E-state index in [2.05, 4.69) is 25.8 Å². The van der Waals surface area contributed by atoms with Gasteiger partial charge in [0.2, 0.25) is 0 Å². The second-order valence-electron chi connectivity index (χ2n) is 5.88. The number of furan rings is 1. The van der Waals surface area contributed by atoms with Gasteiger partial charge in [-0.05, 0) is 53.0 Å². The Morgan fingerprint density at radius 1 is 1.30 bits per heavy atom. The first-order valence-corrected chi connectivity index (χ1v) is 8.42. The van der Waals surface area contributed by atoms with Crippen molar-refractivity contribution in [3.05, 3.63) is 69.1 Å². The van der Waals surface area contributed by atoms with Crippen LogP contribution in [0.5, 0.6) is 0 Å². The highest BCUT2D eigenvalue weighted by atomic mass is 79.9. The van der Waals surface area contributed by atoms with Gasteiger partial charge in [0.05, 0.1) is 18.5 Å². The van der Waals surface area contributed by atoms with Crippen LogP contribution in [0.25, 0.3) is 5.65 Å². The summed E-state index contributed by atoms with van der Waals surface area (Å²) < 4.78 is 7.87. The lowest BCUT2D eigenvalue weighted by molar-refractivity contribution is 0.222. The predicted molar refractivity (Wildman–Crippen MR) is 90.1 cm³/mol. The second-order valence-corrected chi connectivity index (χ2v) is 6.79. The largest absolute Gasteiger partial charge is 0.468 e. The SMILES string of the molecule is O=c1cc(CN(Cc2ccco2)C2CC2)nc2ccc(Br)cn12. The van der Waals surface area contributed by atoms with Crippen LogP contribution in [0.1, 0.15) is 24.3 Å². The van der Waals surface area contributed by atoms with Crippen LogP contribution < -0.4 is 5.56 Å². The van der Waals surface area contributed by atoms with Crippen molar-refractivity contribution < 1.29 is 4.42 Å². The molecule has 6 heteroatoms. The number of fused-ring (bicyclic) bond motifs is 1. The minimum atomic E-state index is -0.0555. The second kappa shape index (κ2) is 5.94. The zero-order chi connectivity index (χ0) is 15.8. The number of hydrogen-bond acceptors (Lipinski definition) is 4. The Bertz CT molecular complexity index is 884. The summed E-state index contributed by atoms with van der Waals surface area (Å²) >= 11 is 3.38. The fraction of sp³-hybridized carbons (Fsp3) is 0.294. The fourth-order valence-corrected chi connectivity index (χ4v) is 3.11. The maximum Gasteiger partial charge on any atom is 0.258 e. The van der Waals surface area contributed by atoms with Gasteiger partial charge >= 0.3 is 0 Å². The Kier molecular flexibility index (Phi) is 3.79. The van der Waals surface area contributed by atoms with E-state index in [1.165, 1.54) is 12.8 Å². The van der Waals surface area contributed by atoms with Gasteiger partial charge in [-0.15, -0.1) is 0 Å². The van der Waals surface area contributed by atoms with Crippen molar-refractivity contribution in [2.24, 2.45) is 0 Å². The van der Waals surface area contributed by atoms with Crippen molar-refractivity contribution in [3.8, 4) is 0 Å². The third-order valence-corrected chi connectivity index (χ3v) is 4.51. The van der Waals surface area contributed by atoms with Crippen molar-refractivity contribution in [2.75, 3.05) is 0 Å². The summed E-state index contributed by atoms with van der Waals surface area (Å²) in [4.78, 5) is 19.3. The fourth-order valence-electron chi connectivity index (χ4n) is 2.77. The molecular formula is C17H16BrN3O2. The van der Waals surface area contributed by atoms with Crippen molar-refractivity contribution in [1.82, 2.24) is 14.3 Å². The molecule has 0 spiro atoms. The topological polar surface area (TPSA) is 50.8 Å². The third-order valence-electron chi connectivity index (χ3n) is 4.04. The molecule has 1 aliphatic carbocycles. The van der Waals surface area contributed by atoms with Crippen LogP contribution in [0, 0.1) is 0 Å². The Morgan fingerprint density at radius 3 is 2.91 bits per heavy atom. The summed E-state index contributed by atoms with van der Waals surface area (Å²) in [5.74, 6) is 0.943. The average molecular weight is 374 g/mol. The minimum absolute atomic E-state index is 0.0555. The lowest BCUT2D eigenvalue weighted by Crippen LogP contribution is -2.27. The molecule has 0 aromatic carbocycles. The van der Waals surface area contributed by atoms with E-state index in [1.807, 2.05) is 24.3 Å². The zero-order valence-corrected chi connectivity index (χ0v) is 14.1. The van der Waals surface area contributed by atoms with Crippen LogP contribution in [-0.4, -0.2) is 20.3 Å². The number of hydrogen-bond donors (Lipinski definition) is 0. The molecule has 0 bridgehead atoms. The maximum atomic E-state index is 12.3. The highest BCUT2D eigenvalue weighted by Gasteiger charge is 2.30. The Balaban J connectivity index is 1.62. The zero-order valence-electron chi connectivity index (χ0n) is 12.5. The highest BCUT2D eigenvalue weighted by molar-refractivity contribution is 9.10. The molecule has 0 unspecified atom stereocenters. The molecule has 1 aliphatic rings. The molecule has 4 rings (SSSR count). The van der Waals surface area contributed by atoms with Gasteiger partial charge in [-0.2, -0.15) is 0 Å². The number of pyridine rings is 1. The molecule has 1 saturated carbocycles. The van der Waals surface area contributed by atoms with E-state index in [0.29, 0.717) is 18.2 Å². The summed E-state index contributed by atoms with van der Waals surface area (Å²) in [6, 6.07) is 9.81. The third kappa shape index (κ3) is 3.23. The quantitative estimate of drug-likeness (QED) is 0.688. The molecule has 5 nitrogen and oxygen atoms in total. The van der Waals surface area contributed by atoms with E-state index in [1.54, 1.807) is 22.9 Å². The summed E-state index contributed by atoms with van der Waals surface area (Å²) in [6.45, 7) is 1.41. The summed E-state index contributed by atoms with van der Waals surface area (Å²) in [6.07, 6.45) is 5.83. The molecule has 1 fully saturated rings. The van der Waals surface area contributed by atoms with E-state index in [4.69, 9.17) is 4.42 Å². The van der Waals surface area contributed by atoms with Gasteiger partial charge in [-0.1, -0.05) is 0 Å². The number of aromatic nitrogens is 2. The molecule has 0 aliphatic heterocycles. The van der Waals surface area contributed by atoms with E-state index in [0.717, 1.165) is 22.5 Å². The average Bonchev–Trinajstić information content (AvgIpc) is 3.25. The van der Waals surface area contributed by atoms with Gasteiger partial charge in [0, 0.05) is 29.3 Å². The van der Waals surface area contributed by atoms with Crippen molar-refractivity contribution in [1.29, 1.82) is 0 Å². The highest BCUT2D eigenvalue weighted by Crippen LogP contribution is 2.29. The van der Waals surface area contributed by atoms with Gasteiger partial charge in [-0.3, -0.25) is 14.1 Å². The van der Waals surface area contributed by atoms with Crippen molar-refractivity contribution >= 4 is 21.6 Å². The van der Waals surface area contributed by atoms with Crippen molar-refractivity contribution in [2.45, 2.75) is 32.0 Å². The van der Waals surface area contributed by atoms with E-state index in [9.17, 15) is 4.79 Å². The monoisotopic (exact) mass is 373 g/mol. The molecule has 3 aromatic heterocycles. The van der Waals surface area contributed by atoms with Gasteiger partial charge in [0.25, 0.3) is 5.56 Å². The number of nitrogens with zero attached hydrogens (tertiary/aromatic N) is 3. The molecule has 118 valence electrons. The van der Waals surface area contributed by atoms with Crippen LogP contribution in [0.4, 0.5) is 0 Å². The first kappa shape index (κ1) is 14.7. The standard InChI is InChI=1S/C17H16BrN3O2/c18-12-3-6-16-19-13(8-17(22)21(16)9-12)10-20(14-4-5-14)11-15-2-1-7-23-15/h1-3,6-9,14H,4-5,10-11H2. The molecular weight excluding hydrogens is 358 g/mol. The van der Waals surface area contributed by atoms with E-state index < -0.39 is 0 Å². The predicted octanol–water partition coefficient (Wildman–Crippen LogP) is 3.21. The van der Waals surface area contributed by atoms with Gasteiger partial charge in [0.1, 0.15) is 11.4 Å². The smallest absolute Gasteiger partial charge is 0.258 e. The van der Waals surface area contributed by atoms with E-state index >= 15 is 0 Å². The molecule has 0 amide bonds. The first-order valence-electron chi connectivity index (χ1n) is 7.63. The molecule has 23 heavy (non-hydrogen) atoms. The van der Waals surface area contributed by atoms with Gasteiger partial charge in [0.15, 0.2) is 0 Å². The molecule has 0 radical (unpaired) electrons. The maximum absolute atomic E-state index is 12.3. The Hall–Kier alpha value is -1.92. The molecule has 3 aromatic rings. The van der Waals surface area contributed by atoms with Gasteiger partial charge in [-0.25, -0.2) is 4.98 Å². The summed E-state index contributed by atoms with van der Waals surface area (Å²) in [5.41, 5.74) is 1.42. The molecule has 0 N–H and O–H groups in total. The summed E-state index contributed by atoms with van der Waals surface area (Å²) in [7, 11) is 0.